The number of piperidine rings is 1. The normalized spacial score (nSPS) is 30.2. The lowest BCUT2D eigenvalue weighted by Gasteiger charge is -2.20. The van der Waals surface area contributed by atoms with E-state index in [1.165, 1.54) is 73.5 Å². The van der Waals surface area contributed by atoms with E-state index in [2.05, 4.69) is 20.6 Å². The van der Waals surface area contributed by atoms with E-state index in [-0.39, 0.29) is 0 Å². The molecule has 0 saturated carbocycles. The van der Waals surface area contributed by atoms with Crippen molar-refractivity contribution in [2.45, 2.75) is 43.6 Å². The molecule has 2 saturated heterocycles. The molecule has 2 bridgehead atoms. The van der Waals surface area contributed by atoms with Crippen LogP contribution in [0, 0.1) is 5.92 Å². The summed E-state index contributed by atoms with van der Waals surface area (Å²) in [7, 11) is 0. The van der Waals surface area contributed by atoms with Gasteiger partial charge in [-0.2, -0.15) is 8.75 Å². The third kappa shape index (κ3) is 2.58. The molecule has 2 fully saturated rings. The third-order valence-corrected chi connectivity index (χ3v) is 5.88. The van der Waals surface area contributed by atoms with E-state index in [1.807, 2.05) is 11.8 Å². The van der Waals surface area contributed by atoms with Crippen LogP contribution in [0.4, 0.5) is 0 Å². The Hall–Kier alpha value is -0.130. The van der Waals surface area contributed by atoms with Gasteiger partial charge in [-0.3, -0.25) is 0 Å². The van der Waals surface area contributed by atoms with Crippen molar-refractivity contribution >= 4 is 23.5 Å². The van der Waals surface area contributed by atoms with Gasteiger partial charge in [0, 0.05) is 19.0 Å². The molecule has 2 unspecified atom stereocenters. The van der Waals surface area contributed by atoms with Gasteiger partial charge in [0.15, 0.2) is 0 Å². The Morgan fingerprint density at radius 3 is 3.00 bits per heavy atom. The lowest BCUT2D eigenvalue weighted by Crippen LogP contribution is -2.22. The minimum absolute atomic E-state index is 0.672. The zero-order valence-electron chi connectivity index (χ0n) is 11.0. The quantitative estimate of drug-likeness (QED) is 0.592. The molecule has 0 N–H and O–H groups in total. The molecular formula is C13H21N3S2. The second-order valence-electron chi connectivity index (χ2n) is 5.43. The fourth-order valence-electron chi connectivity index (χ4n) is 3.13. The fraction of sp³-hybridized carbons (Fsp3) is 0.846. The summed E-state index contributed by atoms with van der Waals surface area (Å²) in [6.45, 7) is 6.07. The van der Waals surface area contributed by atoms with Crippen molar-refractivity contribution in [3.8, 4) is 0 Å². The predicted molar refractivity (Wildman–Crippen MR) is 77.4 cm³/mol. The van der Waals surface area contributed by atoms with Crippen LogP contribution in [0.2, 0.25) is 0 Å². The van der Waals surface area contributed by atoms with E-state index in [1.54, 1.807) is 0 Å². The first-order valence-corrected chi connectivity index (χ1v) is 8.77. The largest absolute Gasteiger partial charge is 0.302 e. The third-order valence-electron chi connectivity index (χ3n) is 4.15. The van der Waals surface area contributed by atoms with E-state index < -0.39 is 0 Å². The molecule has 3 heterocycles. The van der Waals surface area contributed by atoms with Crippen LogP contribution in [0.1, 0.15) is 44.2 Å². The topological polar surface area (TPSA) is 29.0 Å². The first-order chi connectivity index (χ1) is 8.88. The van der Waals surface area contributed by atoms with Crippen LogP contribution in [0.3, 0.4) is 0 Å². The smallest absolute Gasteiger partial charge is 0.134 e. The van der Waals surface area contributed by atoms with Gasteiger partial charge >= 0.3 is 0 Å². The van der Waals surface area contributed by atoms with Crippen molar-refractivity contribution in [1.82, 2.24) is 13.6 Å². The molecule has 0 amide bonds. The summed E-state index contributed by atoms with van der Waals surface area (Å²) in [6, 6.07) is 0. The minimum Gasteiger partial charge on any atom is -0.302 e. The highest BCUT2D eigenvalue weighted by Crippen LogP contribution is 2.42. The van der Waals surface area contributed by atoms with Crippen LogP contribution < -0.4 is 0 Å². The Bertz CT molecular complexity index is 393. The molecule has 3 atom stereocenters. The van der Waals surface area contributed by atoms with Gasteiger partial charge in [0.1, 0.15) is 5.03 Å². The molecular weight excluding hydrogens is 262 g/mol. The number of unbranched alkanes of at least 4 members (excludes halogenated alkanes) is 2. The van der Waals surface area contributed by atoms with Crippen molar-refractivity contribution in [1.29, 1.82) is 0 Å². The summed E-state index contributed by atoms with van der Waals surface area (Å²) in [5, 5.41) is 1.23. The van der Waals surface area contributed by atoms with Crippen LogP contribution in [0.25, 0.3) is 0 Å². The molecule has 0 spiro atoms. The van der Waals surface area contributed by atoms with E-state index in [0.717, 1.165) is 5.92 Å². The van der Waals surface area contributed by atoms with E-state index >= 15 is 0 Å². The van der Waals surface area contributed by atoms with Crippen molar-refractivity contribution in [2.75, 3.05) is 25.4 Å². The average molecular weight is 283 g/mol. The molecule has 3 rings (SSSR count). The summed E-state index contributed by atoms with van der Waals surface area (Å²) in [6.07, 6.45) is 5.29. The van der Waals surface area contributed by atoms with Gasteiger partial charge in [-0.05, 0) is 31.1 Å². The Labute approximate surface area is 118 Å². The van der Waals surface area contributed by atoms with Crippen molar-refractivity contribution < 1.29 is 0 Å². The number of hydrogen-bond donors (Lipinski definition) is 0. The number of fused-ring (bicyclic) bond motifs is 2. The Morgan fingerprint density at radius 2 is 2.28 bits per heavy atom. The summed E-state index contributed by atoms with van der Waals surface area (Å²) in [4.78, 5) is 2.58. The van der Waals surface area contributed by atoms with E-state index in [4.69, 9.17) is 0 Å². The zero-order chi connectivity index (χ0) is 12.4. The van der Waals surface area contributed by atoms with Crippen molar-refractivity contribution in [2.24, 2.45) is 5.92 Å². The van der Waals surface area contributed by atoms with Gasteiger partial charge in [-0.25, -0.2) is 0 Å². The number of aromatic nitrogens is 2. The molecule has 1 aromatic heterocycles. The Balaban J connectivity index is 1.61. The second-order valence-corrected chi connectivity index (χ2v) is 7.04. The highest BCUT2D eigenvalue weighted by Gasteiger charge is 2.41. The monoisotopic (exact) mass is 283 g/mol. The van der Waals surface area contributed by atoms with Crippen molar-refractivity contribution in [3.63, 3.8) is 0 Å². The van der Waals surface area contributed by atoms with Crippen LogP contribution in [0.5, 0.6) is 0 Å². The van der Waals surface area contributed by atoms with E-state index in [9.17, 15) is 0 Å². The van der Waals surface area contributed by atoms with Crippen LogP contribution in [-0.2, 0) is 0 Å². The average Bonchev–Trinajstić information content (AvgIpc) is 3.09. The molecule has 0 aromatic carbocycles. The van der Waals surface area contributed by atoms with Crippen LogP contribution in [-0.4, -0.2) is 39.0 Å². The molecule has 0 aliphatic carbocycles. The summed E-state index contributed by atoms with van der Waals surface area (Å²) >= 11 is 3.33. The summed E-state index contributed by atoms with van der Waals surface area (Å²) < 4.78 is 9.12. The highest BCUT2D eigenvalue weighted by molar-refractivity contribution is 7.99. The molecule has 1 aromatic rings. The molecule has 2 aliphatic rings. The van der Waals surface area contributed by atoms with Gasteiger partial charge in [0.2, 0.25) is 0 Å². The van der Waals surface area contributed by atoms with Gasteiger partial charge < -0.3 is 4.90 Å². The SMILES string of the molecule is CCCCCSc1nsnc1[C@@H]1CN2CCC1C2. The maximum absolute atomic E-state index is 4.60. The highest BCUT2D eigenvalue weighted by atomic mass is 32.2. The van der Waals surface area contributed by atoms with Crippen molar-refractivity contribution in [3.05, 3.63) is 5.69 Å². The lowest BCUT2D eigenvalue weighted by molar-refractivity contribution is 0.342. The standard InChI is InChI=1S/C13H21N3S2/c1-2-3-4-7-17-13-12(14-18-15-13)11-9-16-6-5-10(11)8-16/h10-11H,2-9H2,1H3/t10?,11-/m1/s1. The number of hydrogen-bond acceptors (Lipinski definition) is 5. The maximum atomic E-state index is 4.60. The molecule has 18 heavy (non-hydrogen) atoms. The number of nitrogens with zero attached hydrogens (tertiary/aromatic N) is 3. The van der Waals surface area contributed by atoms with E-state index in [0.29, 0.717) is 5.92 Å². The molecule has 100 valence electrons. The van der Waals surface area contributed by atoms with Crippen LogP contribution >= 0.6 is 23.5 Å². The summed E-state index contributed by atoms with van der Waals surface area (Å²) in [5.41, 5.74) is 1.31. The Kier molecular flexibility index (Phi) is 4.21. The van der Waals surface area contributed by atoms with Gasteiger partial charge in [0.05, 0.1) is 17.4 Å². The number of thioether (sulfide) groups is 1. The summed E-state index contributed by atoms with van der Waals surface area (Å²) in [5.74, 6) is 2.72. The lowest BCUT2D eigenvalue weighted by atomic mass is 9.90. The fourth-order valence-corrected chi connectivity index (χ4v) is 4.90. The predicted octanol–water partition coefficient (Wildman–Crippen LogP) is 3.24. The maximum Gasteiger partial charge on any atom is 0.134 e. The van der Waals surface area contributed by atoms with Gasteiger partial charge in [-0.15, -0.1) is 11.8 Å². The second kappa shape index (κ2) is 5.88. The zero-order valence-corrected chi connectivity index (χ0v) is 12.6. The first-order valence-electron chi connectivity index (χ1n) is 7.06. The molecule has 2 aliphatic heterocycles. The molecule has 5 heteroatoms. The first kappa shape index (κ1) is 12.9. The molecule has 3 nitrogen and oxygen atoms in total. The minimum atomic E-state index is 0.672. The van der Waals surface area contributed by atoms with Gasteiger partial charge in [-0.1, -0.05) is 19.8 Å². The van der Waals surface area contributed by atoms with Gasteiger partial charge in [0.25, 0.3) is 0 Å². The number of rotatable bonds is 6. The Morgan fingerprint density at radius 1 is 1.33 bits per heavy atom. The molecule has 0 radical (unpaired) electrons. The van der Waals surface area contributed by atoms with Crippen LogP contribution in [0.15, 0.2) is 5.03 Å².